The SMILES string of the molecule is CCOC(=O)C1=C(C)N(c2ccc(Br)cc2)C(=O)C1=Cc1ccc(CNS(=O)(=O)c2ccccc2)o1. The molecule has 36 heavy (non-hydrogen) atoms. The molecular formula is C26H23BrN2O6S. The van der Waals surface area contributed by atoms with E-state index in [2.05, 4.69) is 20.7 Å². The van der Waals surface area contributed by atoms with Crippen LogP contribution in [0.4, 0.5) is 5.69 Å². The van der Waals surface area contributed by atoms with E-state index in [1.54, 1.807) is 68.4 Å². The molecule has 8 nitrogen and oxygen atoms in total. The van der Waals surface area contributed by atoms with E-state index in [1.165, 1.54) is 23.1 Å². The average Bonchev–Trinajstić information content (AvgIpc) is 3.41. The van der Waals surface area contributed by atoms with E-state index in [4.69, 9.17) is 9.15 Å². The Hall–Kier alpha value is -3.47. The average molecular weight is 571 g/mol. The summed E-state index contributed by atoms with van der Waals surface area (Å²) >= 11 is 3.38. The number of allylic oxidation sites excluding steroid dienone is 1. The van der Waals surface area contributed by atoms with E-state index >= 15 is 0 Å². The Kier molecular flexibility index (Phi) is 7.58. The number of carbonyl (C=O) groups excluding carboxylic acids is 2. The minimum Gasteiger partial charge on any atom is -0.462 e. The first-order chi connectivity index (χ1) is 17.2. The van der Waals surface area contributed by atoms with Crippen molar-refractivity contribution in [2.75, 3.05) is 11.5 Å². The standard InChI is InChI=1S/C26H23BrN2O6S/c1-3-34-26(31)24-17(2)29(19-11-9-18(27)10-12-19)25(30)23(24)15-20-13-14-21(35-20)16-28-36(32,33)22-7-5-4-6-8-22/h4-15,28H,3,16H2,1-2H3. The van der Waals surface area contributed by atoms with Crippen LogP contribution in [0.5, 0.6) is 0 Å². The Labute approximate surface area is 217 Å². The van der Waals surface area contributed by atoms with Crippen LogP contribution in [0.25, 0.3) is 6.08 Å². The van der Waals surface area contributed by atoms with Gasteiger partial charge in [0.2, 0.25) is 10.0 Å². The lowest BCUT2D eigenvalue weighted by molar-refractivity contribution is -0.138. The van der Waals surface area contributed by atoms with Crippen LogP contribution in [-0.4, -0.2) is 26.9 Å². The topological polar surface area (TPSA) is 106 Å². The minimum atomic E-state index is -3.71. The molecule has 186 valence electrons. The highest BCUT2D eigenvalue weighted by atomic mass is 79.9. The second-order valence-corrected chi connectivity index (χ2v) is 10.5. The fourth-order valence-corrected chi connectivity index (χ4v) is 5.02. The molecule has 0 saturated heterocycles. The molecule has 0 fully saturated rings. The number of anilines is 1. The van der Waals surface area contributed by atoms with Gasteiger partial charge < -0.3 is 9.15 Å². The molecule has 0 bridgehead atoms. The third-order valence-electron chi connectivity index (χ3n) is 5.42. The lowest BCUT2D eigenvalue weighted by Gasteiger charge is -2.17. The van der Waals surface area contributed by atoms with Crippen molar-refractivity contribution in [3.05, 3.63) is 99.6 Å². The predicted octanol–water partition coefficient (Wildman–Crippen LogP) is 4.79. The van der Waals surface area contributed by atoms with E-state index in [0.29, 0.717) is 22.9 Å². The van der Waals surface area contributed by atoms with Gasteiger partial charge in [0.1, 0.15) is 11.5 Å². The highest BCUT2D eigenvalue weighted by molar-refractivity contribution is 9.10. The zero-order chi connectivity index (χ0) is 25.9. The fraction of sp³-hybridized carbons (Fsp3) is 0.154. The number of nitrogens with zero attached hydrogens (tertiary/aromatic N) is 1. The number of furan rings is 1. The third-order valence-corrected chi connectivity index (χ3v) is 7.37. The summed E-state index contributed by atoms with van der Waals surface area (Å²) in [5.41, 5.74) is 1.31. The Morgan fingerprint density at radius 1 is 1.08 bits per heavy atom. The maximum Gasteiger partial charge on any atom is 0.340 e. The Bertz CT molecular complexity index is 1460. The Balaban J connectivity index is 1.61. The molecule has 1 aliphatic rings. The minimum absolute atomic E-state index is 0.0844. The van der Waals surface area contributed by atoms with Crippen molar-refractivity contribution in [3.8, 4) is 0 Å². The Morgan fingerprint density at radius 2 is 1.78 bits per heavy atom. The van der Waals surface area contributed by atoms with Crippen molar-refractivity contribution < 1.29 is 27.2 Å². The van der Waals surface area contributed by atoms with Gasteiger partial charge in [-0.25, -0.2) is 17.9 Å². The van der Waals surface area contributed by atoms with E-state index in [0.717, 1.165) is 4.47 Å². The van der Waals surface area contributed by atoms with E-state index < -0.39 is 21.9 Å². The third kappa shape index (κ3) is 5.35. The number of nitrogens with one attached hydrogen (secondary N) is 1. The van der Waals surface area contributed by atoms with Crippen molar-refractivity contribution in [2.45, 2.75) is 25.3 Å². The molecule has 10 heteroatoms. The molecule has 3 aromatic rings. The van der Waals surface area contributed by atoms with Gasteiger partial charge in [-0.3, -0.25) is 9.69 Å². The molecule has 1 amide bonds. The molecule has 1 aromatic heterocycles. The zero-order valence-corrected chi connectivity index (χ0v) is 21.9. The van der Waals surface area contributed by atoms with Gasteiger partial charge in [-0.2, -0.15) is 0 Å². The molecule has 0 atom stereocenters. The number of benzene rings is 2. The summed E-state index contributed by atoms with van der Waals surface area (Å²) in [5, 5.41) is 0. The molecule has 0 unspecified atom stereocenters. The van der Waals surface area contributed by atoms with Crippen molar-refractivity contribution in [1.29, 1.82) is 0 Å². The highest BCUT2D eigenvalue weighted by Gasteiger charge is 2.38. The van der Waals surface area contributed by atoms with E-state index in [1.807, 2.05) is 0 Å². The largest absolute Gasteiger partial charge is 0.462 e. The lowest BCUT2D eigenvalue weighted by atomic mass is 10.1. The number of hydrogen-bond acceptors (Lipinski definition) is 6. The highest BCUT2D eigenvalue weighted by Crippen LogP contribution is 2.36. The molecule has 2 aromatic carbocycles. The monoisotopic (exact) mass is 570 g/mol. The van der Waals surface area contributed by atoms with Gasteiger partial charge in [0.05, 0.1) is 29.2 Å². The van der Waals surface area contributed by atoms with Gasteiger partial charge in [-0.05, 0) is 68.5 Å². The van der Waals surface area contributed by atoms with Gasteiger partial charge in [-0.1, -0.05) is 34.1 Å². The first-order valence-corrected chi connectivity index (χ1v) is 13.3. The summed E-state index contributed by atoms with van der Waals surface area (Å²) in [6.45, 7) is 3.44. The quantitative estimate of drug-likeness (QED) is 0.308. The van der Waals surface area contributed by atoms with Crippen LogP contribution < -0.4 is 9.62 Å². The number of ether oxygens (including phenoxy) is 1. The first kappa shape index (κ1) is 25.6. The number of rotatable bonds is 8. The van der Waals surface area contributed by atoms with Gasteiger partial charge in [0.15, 0.2) is 0 Å². The number of sulfonamides is 1. The van der Waals surface area contributed by atoms with Crippen LogP contribution in [0.1, 0.15) is 25.4 Å². The number of carbonyl (C=O) groups is 2. The molecule has 4 rings (SSSR count). The maximum atomic E-state index is 13.4. The Morgan fingerprint density at radius 3 is 2.44 bits per heavy atom. The smallest absolute Gasteiger partial charge is 0.340 e. The second-order valence-electron chi connectivity index (χ2n) is 7.80. The fourth-order valence-electron chi connectivity index (χ4n) is 3.74. The van der Waals surface area contributed by atoms with E-state index in [-0.39, 0.29) is 29.2 Å². The normalized spacial score (nSPS) is 15.1. The second kappa shape index (κ2) is 10.7. The molecule has 0 saturated carbocycles. The molecule has 1 aliphatic heterocycles. The van der Waals surface area contributed by atoms with E-state index in [9.17, 15) is 18.0 Å². The molecule has 0 spiro atoms. The number of hydrogen-bond donors (Lipinski definition) is 1. The van der Waals surface area contributed by atoms with Crippen LogP contribution in [0, 0.1) is 0 Å². The van der Waals surface area contributed by atoms with Crippen molar-refractivity contribution in [2.24, 2.45) is 0 Å². The van der Waals surface area contributed by atoms with Crippen molar-refractivity contribution in [1.82, 2.24) is 4.72 Å². The lowest BCUT2D eigenvalue weighted by Crippen LogP contribution is -2.24. The molecule has 0 radical (unpaired) electrons. The van der Waals surface area contributed by atoms with Gasteiger partial charge in [0.25, 0.3) is 5.91 Å². The van der Waals surface area contributed by atoms with Gasteiger partial charge in [0, 0.05) is 15.9 Å². The molecular weight excluding hydrogens is 548 g/mol. The van der Waals surface area contributed by atoms with Crippen LogP contribution in [0.2, 0.25) is 0 Å². The summed E-state index contributed by atoms with van der Waals surface area (Å²) in [6.07, 6.45) is 1.46. The number of amides is 1. The predicted molar refractivity (Wildman–Crippen MR) is 138 cm³/mol. The van der Waals surface area contributed by atoms with Crippen LogP contribution in [-0.2, 0) is 30.9 Å². The molecule has 1 N–H and O–H groups in total. The molecule has 0 aliphatic carbocycles. The summed E-state index contributed by atoms with van der Waals surface area (Å²) < 4.78 is 39.2. The number of esters is 1. The summed E-state index contributed by atoms with van der Waals surface area (Å²) in [4.78, 5) is 27.8. The van der Waals surface area contributed by atoms with Crippen molar-refractivity contribution >= 4 is 49.6 Å². The summed E-state index contributed by atoms with van der Waals surface area (Å²) in [6, 6.07) is 18.3. The van der Waals surface area contributed by atoms with Crippen molar-refractivity contribution in [3.63, 3.8) is 0 Å². The van der Waals surface area contributed by atoms with Crippen LogP contribution >= 0.6 is 15.9 Å². The molecule has 2 heterocycles. The first-order valence-electron chi connectivity index (χ1n) is 11.0. The van der Waals surface area contributed by atoms with Gasteiger partial charge >= 0.3 is 5.97 Å². The van der Waals surface area contributed by atoms with Crippen LogP contribution in [0.3, 0.4) is 0 Å². The van der Waals surface area contributed by atoms with Gasteiger partial charge in [-0.15, -0.1) is 0 Å². The van der Waals surface area contributed by atoms with Crippen LogP contribution in [0.15, 0.2) is 97.4 Å². The summed E-state index contributed by atoms with van der Waals surface area (Å²) in [7, 11) is -3.71. The summed E-state index contributed by atoms with van der Waals surface area (Å²) in [5.74, 6) is -0.383. The maximum absolute atomic E-state index is 13.4. The number of halogens is 1. The zero-order valence-electron chi connectivity index (χ0n) is 19.5.